The zero-order chi connectivity index (χ0) is 33.0. The van der Waals surface area contributed by atoms with Crippen LogP contribution in [0.4, 0.5) is 0 Å². The molecule has 0 bridgehead atoms. The number of hydrogen-bond donors (Lipinski definition) is 0. The Morgan fingerprint density at radius 3 is 0.940 bits per heavy atom. The van der Waals surface area contributed by atoms with Crippen LogP contribution in [0.5, 0.6) is 0 Å². The summed E-state index contributed by atoms with van der Waals surface area (Å²) in [5.74, 6) is -1.50. The van der Waals surface area contributed by atoms with E-state index in [1.807, 2.05) is 0 Å². The molecule has 0 radical (unpaired) electrons. The van der Waals surface area contributed by atoms with Crippen molar-refractivity contribution < 1.29 is 66.0 Å². The Balaban J connectivity index is 0.000000187. The van der Waals surface area contributed by atoms with E-state index in [1.54, 1.807) is 22.3 Å². The molecule has 0 aromatic heterocycles. The van der Waals surface area contributed by atoms with Gasteiger partial charge in [0.2, 0.25) is 0 Å². The third-order valence-corrected chi connectivity index (χ3v) is 74.1. The Morgan fingerprint density at radius 2 is 0.700 bits per heavy atom. The number of fused-ring (bicyclic) bond motifs is 4. The molecule has 0 heterocycles. The van der Waals surface area contributed by atoms with E-state index in [0.717, 1.165) is 14.7 Å². The molecule has 6 atom stereocenters. The zero-order valence-electron chi connectivity index (χ0n) is 29.1. The van der Waals surface area contributed by atoms with Gasteiger partial charge in [-0.05, 0) is 0 Å². The first-order chi connectivity index (χ1) is 23.6. The predicted molar refractivity (Wildman–Crippen MR) is 209 cm³/mol. The van der Waals surface area contributed by atoms with E-state index in [1.165, 1.54) is 34.3 Å². The Bertz CT molecular complexity index is 1670. The van der Waals surface area contributed by atoms with E-state index < -0.39 is 53.2 Å². The number of benzene rings is 4. The van der Waals surface area contributed by atoms with Crippen molar-refractivity contribution in [3.8, 4) is 0 Å². The van der Waals surface area contributed by atoms with Crippen LogP contribution in [0.1, 0.15) is 59.2 Å². The van der Waals surface area contributed by atoms with Crippen LogP contribution in [-0.4, -0.2) is 12.0 Å². The molecular weight excluding hydrogens is 1010 g/mol. The topological polar surface area (TPSA) is 0 Å². The Kier molecular flexibility index (Phi) is 14.3. The van der Waals surface area contributed by atoms with Crippen LogP contribution in [-0.2, 0) is 41.2 Å². The van der Waals surface area contributed by atoms with Gasteiger partial charge in [0.1, 0.15) is 0 Å². The van der Waals surface area contributed by atoms with E-state index >= 15 is 0 Å². The second-order valence-corrected chi connectivity index (χ2v) is 66.5. The molecule has 0 aliphatic heterocycles. The molecule has 50 heavy (non-hydrogen) atoms. The summed E-state index contributed by atoms with van der Waals surface area (Å²) in [5.41, 5.74) is 12.3. The molecule has 0 saturated heterocycles. The van der Waals surface area contributed by atoms with Gasteiger partial charge in [-0.2, -0.15) is 0 Å². The first kappa shape index (κ1) is 39.3. The maximum absolute atomic E-state index is 4.06. The normalized spacial score (nSPS) is 20.5. The van der Waals surface area contributed by atoms with Crippen LogP contribution in [0, 0.1) is 0 Å². The average Bonchev–Trinajstić information content (AvgIpc) is 3.92. The standard InChI is InChI=1S/4C9H7.2C4H9Si.2ClH.2Hf/c4*1-2-5-9-7-3-6-8(9)4-1;2*1-3-4-5-2;;;;/h4*1-7H;2*3,5H,1,4H2,2H3;2*1H;;/q;;;;;;;;2*+1/p-2. The molecule has 0 saturated carbocycles. The summed E-state index contributed by atoms with van der Waals surface area (Å²) in [5, 5.41) is 0. The predicted octanol–water partition coefficient (Wildman–Crippen LogP) is 5.37. The van der Waals surface area contributed by atoms with E-state index in [2.05, 4.69) is 184 Å². The van der Waals surface area contributed by atoms with Crippen LogP contribution in [0.2, 0.25) is 25.2 Å². The Labute approximate surface area is 330 Å². The van der Waals surface area contributed by atoms with Crippen molar-refractivity contribution in [1.29, 1.82) is 0 Å². The largest absolute Gasteiger partial charge is 1.00 e. The number of allylic oxidation sites excluding steroid dienone is 6. The van der Waals surface area contributed by atoms with Crippen LogP contribution >= 0.6 is 0 Å². The first-order valence-electron chi connectivity index (χ1n) is 17.6. The van der Waals surface area contributed by atoms with Crippen molar-refractivity contribution in [2.24, 2.45) is 0 Å². The number of rotatable bonds is 10. The van der Waals surface area contributed by atoms with Gasteiger partial charge in [-0.15, -0.1) is 0 Å². The van der Waals surface area contributed by atoms with Gasteiger partial charge in [-0.1, -0.05) is 0 Å². The van der Waals surface area contributed by atoms with Crippen molar-refractivity contribution in [2.45, 2.75) is 39.9 Å². The van der Waals surface area contributed by atoms with E-state index in [0.29, 0.717) is 0 Å². The van der Waals surface area contributed by atoms with Gasteiger partial charge in [0, 0.05) is 0 Å². The minimum absolute atomic E-state index is 0. The van der Waals surface area contributed by atoms with Gasteiger partial charge < -0.3 is 24.8 Å². The smallest absolute Gasteiger partial charge is 1.00 e. The van der Waals surface area contributed by atoms with Gasteiger partial charge in [0.05, 0.1) is 0 Å². The molecule has 4 aliphatic carbocycles. The molecular formula is C44H46Cl2Hf2Si2. The van der Waals surface area contributed by atoms with Crippen LogP contribution < -0.4 is 24.8 Å². The van der Waals surface area contributed by atoms with Gasteiger partial charge in [-0.25, -0.2) is 0 Å². The molecule has 0 spiro atoms. The maximum atomic E-state index is 4.06. The molecule has 0 amide bonds. The Hall–Kier alpha value is -1.93. The summed E-state index contributed by atoms with van der Waals surface area (Å²) in [6.07, 6.45) is 24.1. The van der Waals surface area contributed by atoms with Gasteiger partial charge in [0.15, 0.2) is 0 Å². The van der Waals surface area contributed by atoms with E-state index in [9.17, 15) is 0 Å². The summed E-state index contributed by atoms with van der Waals surface area (Å²) in [7, 11) is 0. The molecule has 4 aliphatic rings. The quantitative estimate of drug-likeness (QED) is 0.148. The van der Waals surface area contributed by atoms with E-state index in [4.69, 9.17) is 0 Å². The molecule has 252 valence electrons. The fourth-order valence-corrected chi connectivity index (χ4v) is 74.2. The molecule has 0 N–H and O–H groups in total. The summed E-state index contributed by atoms with van der Waals surface area (Å²) in [6, 6.07) is 38.8. The van der Waals surface area contributed by atoms with Crippen molar-refractivity contribution in [2.75, 3.05) is 0 Å². The molecule has 0 fully saturated rings. The number of hydrogen-bond acceptors (Lipinski definition) is 0. The minimum Gasteiger partial charge on any atom is -1.00 e. The van der Waals surface area contributed by atoms with Crippen molar-refractivity contribution in [3.05, 3.63) is 191 Å². The monoisotopic (exact) mass is 1060 g/mol. The zero-order valence-corrected chi connectivity index (χ0v) is 40.1. The Morgan fingerprint density at radius 1 is 0.460 bits per heavy atom. The van der Waals surface area contributed by atoms with Crippen LogP contribution in [0.3, 0.4) is 0 Å². The van der Waals surface area contributed by atoms with Crippen LogP contribution in [0.25, 0.3) is 24.3 Å². The van der Waals surface area contributed by atoms with Crippen molar-refractivity contribution in [1.82, 2.24) is 0 Å². The third-order valence-electron chi connectivity index (χ3n) is 10.8. The van der Waals surface area contributed by atoms with Gasteiger partial charge in [-0.3, -0.25) is 0 Å². The molecule has 6 heteroatoms. The van der Waals surface area contributed by atoms with Crippen molar-refractivity contribution >= 4 is 36.3 Å². The van der Waals surface area contributed by atoms with E-state index in [-0.39, 0.29) is 24.8 Å². The fraction of sp³-hybridized carbons (Fsp3) is 0.182. The summed E-state index contributed by atoms with van der Waals surface area (Å²) in [6.45, 7) is 13.4. The van der Waals surface area contributed by atoms with Crippen molar-refractivity contribution in [3.63, 3.8) is 0 Å². The molecule has 6 unspecified atom stereocenters. The second-order valence-electron chi connectivity index (χ2n) is 13.7. The molecule has 0 nitrogen and oxygen atoms in total. The SMILES string of the molecule is C=CC[SiH](C)[Hf+]([CH]1C=Cc2ccccc21)[CH]1C=Cc2ccccc21.C=CC[SiH](C)[Hf+]([CH]1C=Cc2ccccc21)[CH]1C=Cc2ccccc21.[Cl-].[Cl-]. The minimum atomic E-state index is -1.95. The summed E-state index contributed by atoms with van der Waals surface area (Å²) >= 11 is -3.90. The molecule has 4 aromatic carbocycles. The maximum Gasteiger partial charge on any atom is -1.00 e. The third kappa shape index (κ3) is 8.01. The number of halogens is 2. The first-order valence-corrected chi connectivity index (χ1v) is 43.5. The van der Waals surface area contributed by atoms with Gasteiger partial charge >= 0.3 is 309 Å². The molecule has 8 rings (SSSR count). The molecule has 4 aromatic rings. The summed E-state index contributed by atoms with van der Waals surface area (Å²) in [4.78, 5) is 0. The van der Waals surface area contributed by atoms with Gasteiger partial charge in [0.25, 0.3) is 0 Å². The van der Waals surface area contributed by atoms with Crippen LogP contribution in [0.15, 0.2) is 147 Å². The average molecular weight is 1060 g/mol. The summed E-state index contributed by atoms with van der Waals surface area (Å²) < 4.78 is 3.03. The second kappa shape index (κ2) is 18.2. The fourth-order valence-electron chi connectivity index (χ4n) is 8.55.